The number of alkyl halides is 1. The Bertz CT molecular complexity index is 240. The zero-order valence-electron chi connectivity index (χ0n) is 7.09. The zero-order chi connectivity index (χ0) is 8.81. The van der Waals surface area contributed by atoms with Crippen molar-refractivity contribution in [1.29, 1.82) is 0 Å². The number of ether oxygens (including phenoxy) is 1. The smallest absolute Gasteiger partial charge is 0.126 e. The van der Waals surface area contributed by atoms with E-state index in [4.69, 9.17) is 16.3 Å². The molecule has 2 nitrogen and oxygen atoms in total. The third-order valence-corrected chi connectivity index (χ3v) is 1.75. The van der Waals surface area contributed by atoms with E-state index < -0.39 is 0 Å². The molecule has 0 amide bonds. The molecule has 0 aromatic carbocycles. The van der Waals surface area contributed by atoms with Crippen LogP contribution in [0, 0.1) is 0 Å². The van der Waals surface area contributed by atoms with Gasteiger partial charge in [-0.3, -0.25) is 4.98 Å². The largest absolute Gasteiger partial charge is 0.493 e. The van der Waals surface area contributed by atoms with Crippen LogP contribution in [0.15, 0.2) is 18.5 Å². The van der Waals surface area contributed by atoms with Gasteiger partial charge in [-0.1, -0.05) is 6.92 Å². The average molecular weight is 186 g/mol. The van der Waals surface area contributed by atoms with Gasteiger partial charge in [-0.15, -0.1) is 11.6 Å². The Hall–Kier alpha value is -0.760. The second kappa shape index (κ2) is 4.99. The third kappa shape index (κ3) is 2.38. The van der Waals surface area contributed by atoms with Crippen LogP contribution in [0.1, 0.15) is 18.9 Å². The van der Waals surface area contributed by atoms with Crippen LogP contribution in [0.5, 0.6) is 5.75 Å². The molecule has 1 rings (SSSR count). The van der Waals surface area contributed by atoms with E-state index in [-0.39, 0.29) is 0 Å². The molecule has 0 fully saturated rings. The molecule has 0 bridgehead atoms. The summed E-state index contributed by atoms with van der Waals surface area (Å²) in [7, 11) is 0. The summed E-state index contributed by atoms with van der Waals surface area (Å²) in [6.45, 7) is 2.80. The molecule has 0 aliphatic rings. The lowest BCUT2D eigenvalue weighted by Gasteiger charge is -2.07. The van der Waals surface area contributed by atoms with E-state index in [0.29, 0.717) is 5.88 Å². The van der Waals surface area contributed by atoms with Gasteiger partial charge in [0.1, 0.15) is 5.75 Å². The SMILES string of the molecule is CCCOc1ccncc1CCl. The number of rotatable bonds is 4. The van der Waals surface area contributed by atoms with Crippen LogP contribution in [0.4, 0.5) is 0 Å². The summed E-state index contributed by atoms with van der Waals surface area (Å²) in [5.41, 5.74) is 0.951. The second-order valence-corrected chi connectivity index (χ2v) is 2.73. The molecule has 0 spiro atoms. The van der Waals surface area contributed by atoms with Crippen molar-refractivity contribution in [2.45, 2.75) is 19.2 Å². The average Bonchev–Trinajstić information content (AvgIpc) is 2.15. The van der Waals surface area contributed by atoms with Gasteiger partial charge in [0.2, 0.25) is 0 Å². The summed E-state index contributed by atoms with van der Waals surface area (Å²) in [5, 5.41) is 0. The molecule has 0 N–H and O–H groups in total. The fourth-order valence-electron chi connectivity index (χ4n) is 0.868. The summed E-state index contributed by atoms with van der Waals surface area (Å²) >= 11 is 5.69. The Morgan fingerprint density at radius 2 is 2.42 bits per heavy atom. The van der Waals surface area contributed by atoms with E-state index in [1.165, 1.54) is 0 Å². The Kier molecular flexibility index (Phi) is 3.88. The van der Waals surface area contributed by atoms with Crippen molar-refractivity contribution in [2.75, 3.05) is 6.61 Å². The summed E-state index contributed by atoms with van der Waals surface area (Å²) in [5.74, 6) is 1.30. The molecular weight excluding hydrogens is 174 g/mol. The van der Waals surface area contributed by atoms with Crippen LogP contribution in [0.3, 0.4) is 0 Å². The van der Waals surface area contributed by atoms with E-state index in [9.17, 15) is 0 Å². The van der Waals surface area contributed by atoms with Crippen LogP contribution < -0.4 is 4.74 Å². The molecule has 0 saturated heterocycles. The van der Waals surface area contributed by atoms with Gasteiger partial charge in [-0.05, 0) is 12.5 Å². The molecule has 1 aromatic rings. The van der Waals surface area contributed by atoms with Crippen molar-refractivity contribution in [3.8, 4) is 5.75 Å². The van der Waals surface area contributed by atoms with E-state index in [1.54, 1.807) is 12.4 Å². The van der Waals surface area contributed by atoms with Crippen LogP contribution in [-0.4, -0.2) is 11.6 Å². The van der Waals surface area contributed by atoms with Crippen molar-refractivity contribution in [3.05, 3.63) is 24.0 Å². The van der Waals surface area contributed by atoms with Gasteiger partial charge in [0.05, 0.1) is 12.5 Å². The molecule has 66 valence electrons. The van der Waals surface area contributed by atoms with Crippen molar-refractivity contribution in [1.82, 2.24) is 4.98 Å². The molecule has 1 heterocycles. The topological polar surface area (TPSA) is 22.1 Å². The highest BCUT2D eigenvalue weighted by atomic mass is 35.5. The van der Waals surface area contributed by atoms with Crippen LogP contribution in [0.25, 0.3) is 0 Å². The highest BCUT2D eigenvalue weighted by molar-refractivity contribution is 6.17. The maximum Gasteiger partial charge on any atom is 0.126 e. The van der Waals surface area contributed by atoms with E-state index in [1.807, 2.05) is 6.07 Å². The molecule has 12 heavy (non-hydrogen) atoms. The van der Waals surface area contributed by atoms with Crippen molar-refractivity contribution in [2.24, 2.45) is 0 Å². The van der Waals surface area contributed by atoms with Gasteiger partial charge < -0.3 is 4.74 Å². The zero-order valence-corrected chi connectivity index (χ0v) is 7.84. The Morgan fingerprint density at radius 1 is 1.58 bits per heavy atom. The first-order valence-electron chi connectivity index (χ1n) is 4.00. The number of aromatic nitrogens is 1. The predicted octanol–water partition coefficient (Wildman–Crippen LogP) is 2.61. The summed E-state index contributed by atoms with van der Waals surface area (Å²) in [6, 6.07) is 1.84. The minimum absolute atomic E-state index is 0.451. The van der Waals surface area contributed by atoms with Crippen LogP contribution in [-0.2, 0) is 5.88 Å². The van der Waals surface area contributed by atoms with Crippen molar-refractivity contribution >= 4 is 11.6 Å². The van der Waals surface area contributed by atoms with Crippen molar-refractivity contribution < 1.29 is 4.74 Å². The fourth-order valence-corrected chi connectivity index (χ4v) is 1.07. The highest BCUT2D eigenvalue weighted by Gasteiger charge is 2.00. The maximum absolute atomic E-state index is 5.69. The summed E-state index contributed by atoms with van der Waals surface area (Å²) in [6.07, 6.45) is 4.45. The lowest BCUT2D eigenvalue weighted by molar-refractivity contribution is 0.314. The molecule has 1 aromatic heterocycles. The minimum atomic E-state index is 0.451. The number of pyridine rings is 1. The number of hydrogen-bond acceptors (Lipinski definition) is 2. The third-order valence-electron chi connectivity index (χ3n) is 1.46. The van der Waals surface area contributed by atoms with Gasteiger partial charge in [-0.25, -0.2) is 0 Å². The minimum Gasteiger partial charge on any atom is -0.493 e. The molecule has 0 unspecified atom stereocenters. The van der Waals surface area contributed by atoms with Gasteiger partial charge in [0, 0.05) is 18.0 Å². The highest BCUT2D eigenvalue weighted by Crippen LogP contribution is 2.18. The number of halogens is 1. The molecule has 0 radical (unpaired) electrons. The molecule has 0 aliphatic carbocycles. The Balaban J connectivity index is 2.68. The fraction of sp³-hybridized carbons (Fsp3) is 0.444. The maximum atomic E-state index is 5.69. The monoisotopic (exact) mass is 185 g/mol. The second-order valence-electron chi connectivity index (χ2n) is 2.47. The first-order valence-corrected chi connectivity index (χ1v) is 4.53. The van der Waals surface area contributed by atoms with Gasteiger partial charge in [0.15, 0.2) is 0 Å². The summed E-state index contributed by atoms with van der Waals surface area (Å²) < 4.78 is 5.45. The van der Waals surface area contributed by atoms with E-state index in [0.717, 1.165) is 24.3 Å². The predicted molar refractivity (Wildman–Crippen MR) is 49.6 cm³/mol. The quantitative estimate of drug-likeness (QED) is 0.673. The van der Waals surface area contributed by atoms with Gasteiger partial charge >= 0.3 is 0 Å². The molecule has 0 aliphatic heterocycles. The Morgan fingerprint density at radius 3 is 3.08 bits per heavy atom. The van der Waals surface area contributed by atoms with Crippen molar-refractivity contribution in [3.63, 3.8) is 0 Å². The molecule has 0 atom stereocenters. The normalized spacial score (nSPS) is 9.83. The Labute approximate surface area is 77.5 Å². The van der Waals surface area contributed by atoms with E-state index >= 15 is 0 Å². The molecule has 3 heteroatoms. The molecular formula is C9H12ClNO. The first kappa shape index (κ1) is 9.33. The summed E-state index contributed by atoms with van der Waals surface area (Å²) in [4.78, 5) is 3.96. The molecule has 0 saturated carbocycles. The van der Waals surface area contributed by atoms with E-state index in [2.05, 4.69) is 11.9 Å². The number of hydrogen-bond donors (Lipinski definition) is 0. The standard InChI is InChI=1S/C9H12ClNO/c1-2-5-12-9-3-4-11-7-8(9)6-10/h3-4,7H,2,5-6H2,1H3. The van der Waals surface area contributed by atoms with Gasteiger partial charge in [0.25, 0.3) is 0 Å². The van der Waals surface area contributed by atoms with Gasteiger partial charge in [-0.2, -0.15) is 0 Å². The lowest BCUT2D eigenvalue weighted by atomic mass is 10.3. The first-order chi connectivity index (χ1) is 5.88. The van der Waals surface area contributed by atoms with Crippen LogP contribution in [0.2, 0.25) is 0 Å². The number of nitrogens with zero attached hydrogens (tertiary/aromatic N) is 1. The van der Waals surface area contributed by atoms with Crippen LogP contribution >= 0.6 is 11.6 Å². The lowest BCUT2D eigenvalue weighted by Crippen LogP contribution is -1.98.